The van der Waals surface area contributed by atoms with Crippen LogP contribution in [-0.2, 0) is 19.0 Å². The molecule has 3 aliphatic heterocycles. The number of anilines is 2. The van der Waals surface area contributed by atoms with Crippen LogP contribution in [0.25, 0.3) is 0 Å². The van der Waals surface area contributed by atoms with E-state index in [1.165, 1.54) is 12.0 Å². The third kappa shape index (κ3) is 3.20. The van der Waals surface area contributed by atoms with Gasteiger partial charge in [-0.2, -0.15) is 0 Å². The number of halogens is 2. The highest BCUT2D eigenvalue weighted by molar-refractivity contribution is 5.90. The minimum absolute atomic E-state index is 0.0309. The Labute approximate surface area is 154 Å². The summed E-state index contributed by atoms with van der Waals surface area (Å²) in [6.45, 7) is 2.48. The summed E-state index contributed by atoms with van der Waals surface area (Å²) in [5.41, 5.74) is 0.0519. The fourth-order valence-electron chi connectivity index (χ4n) is 3.77. The van der Waals surface area contributed by atoms with Crippen molar-refractivity contribution in [3.8, 4) is 0 Å². The van der Waals surface area contributed by atoms with Crippen molar-refractivity contribution in [2.45, 2.75) is 18.9 Å². The van der Waals surface area contributed by atoms with E-state index < -0.39 is 29.8 Å². The van der Waals surface area contributed by atoms with Gasteiger partial charge in [0.05, 0.1) is 38.0 Å². The molecule has 0 saturated carbocycles. The first-order valence-corrected chi connectivity index (χ1v) is 8.77. The van der Waals surface area contributed by atoms with Crippen LogP contribution in [0, 0.1) is 17.0 Å². The number of hydrogen-bond donors (Lipinski definition) is 0. The van der Waals surface area contributed by atoms with Gasteiger partial charge in [0.2, 0.25) is 0 Å². The number of benzene rings is 1. The fourth-order valence-corrected chi connectivity index (χ4v) is 3.77. The van der Waals surface area contributed by atoms with Crippen molar-refractivity contribution < 1.29 is 32.6 Å². The molecule has 3 fully saturated rings. The molecule has 0 bridgehead atoms. The second-order valence-corrected chi connectivity index (χ2v) is 7.34. The van der Waals surface area contributed by atoms with Crippen LogP contribution in [0.3, 0.4) is 0 Å². The lowest BCUT2D eigenvalue weighted by molar-refractivity contribution is -0.141. The molecule has 3 aliphatic rings. The van der Waals surface area contributed by atoms with Crippen LogP contribution >= 0.6 is 0 Å². The second-order valence-electron chi connectivity index (χ2n) is 7.34. The molecule has 27 heavy (non-hydrogen) atoms. The standard InChI is InChI=1S/C18H20F2N2O5/c1-25-15(23)3-2-12-6-22(17(24)27-12)11-4-13(19)16(14(20)5-11)21-7-18(8-21)9-26-10-18/h4-5,12H,2-3,6-10H2,1H3/t12-/m0/s1. The van der Waals surface area contributed by atoms with Crippen LogP contribution in [0.15, 0.2) is 12.1 Å². The quantitative estimate of drug-likeness (QED) is 0.727. The number of nitrogens with zero attached hydrogens (tertiary/aromatic N) is 2. The highest BCUT2D eigenvalue weighted by Crippen LogP contribution is 2.42. The van der Waals surface area contributed by atoms with Crippen molar-refractivity contribution in [2.24, 2.45) is 5.41 Å². The SMILES string of the molecule is COC(=O)CC[C@H]1CN(c2cc(F)c(N3CC4(COC4)C3)c(F)c2)C(=O)O1. The lowest BCUT2D eigenvalue weighted by Crippen LogP contribution is -2.66. The Morgan fingerprint density at radius 3 is 2.52 bits per heavy atom. The molecular weight excluding hydrogens is 362 g/mol. The number of amides is 1. The summed E-state index contributed by atoms with van der Waals surface area (Å²) in [4.78, 5) is 26.1. The molecule has 0 N–H and O–H groups in total. The van der Waals surface area contributed by atoms with E-state index in [1.54, 1.807) is 4.90 Å². The average Bonchev–Trinajstić information content (AvgIpc) is 2.93. The van der Waals surface area contributed by atoms with Crippen molar-refractivity contribution in [3.63, 3.8) is 0 Å². The van der Waals surface area contributed by atoms with Gasteiger partial charge in [0.15, 0.2) is 11.6 Å². The van der Waals surface area contributed by atoms with Crippen LogP contribution in [0.4, 0.5) is 25.0 Å². The van der Waals surface area contributed by atoms with Gasteiger partial charge < -0.3 is 19.1 Å². The number of ether oxygens (including phenoxy) is 3. The molecule has 1 spiro atoms. The van der Waals surface area contributed by atoms with Gasteiger partial charge in [0.25, 0.3) is 0 Å². The van der Waals surface area contributed by atoms with Gasteiger partial charge in [-0.1, -0.05) is 0 Å². The minimum atomic E-state index is -0.717. The number of methoxy groups -OCH3 is 1. The topological polar surface area (TPSA) is 68.3 Å². The molecule has 9 heteroatoms. The number of carbonyl (C=O) groups is 2. The van der Waals surface area contributed by atoms with E-state index in [2.05, 4.69) is 4.74 Å². The molecule has 3 saturated heterocycles. The van der Waals surface area contributed by atoms with Gasteiger partial charge in [-0.3, -0.25) is 9.69 Å². The molecule has 1 aromatic rings. The van der Waals surface area contributed by atoms with E-state index in [1.807, 2.05) is 0 Å². The van der Waals surface area contributed by atoms with E-state index in [0.717, 1.165) is 12.1 Å². The summed E-state index contributed by atoms with van der Waals surface area (Å²) < 4.78 is 44.1. The Kier molecular flexibility index (Phi) is 4.41. The highest BCUT2D eigenvalue weighted by Gasteiger charge is 2.50. The summed E-state index contributed by atoms with van der Waals surface area (Å²) in [6.07, 6.45) is -0.831. The highest BCUT2D eigenvalue weighted by atomic mass is 19.1. The van der Waals surface area contributed by atoms with Crippen molar-refractivity contribution in [1.29, 1.82) is 0 Å². The maximum atomic E-state index is 14.6. The van der Waals surface area contributed by atoms with Gasteiger partial charge in [0, 0.05) is 31.6 Å². The molecule has 1 amide bonds. The van der Waals surface area contributed by atoms with Gasteiger partial charge in [-0.15, -0.1) is 0 Å². The molecule has 0 unspecified atom stereocenters. The monoisotopic (exact) mass is 382 g/mol. The van der Waals surface area contributed by atoms with E-state index >= 15 is 0 Å². The number of rotatable bonds is 5. The van der Waals surface area contributed by atoms with Crippen LogP contribution in [0.2, 0.25) is 0 Å². The lowest BCUT2D eigenvalue weighted by Gasteiger charge is -2.56. The molecule has 4 rings (SSSR count). The van der Waals surface area contributed by atoms with Crippen LogP contribution in [0.5, 0.6) is 0 Å². The van der Waals surface area contributed by atoms with Crippen molar-refractivity contribution in [2.75, 3.05) is 49.8 Å². The number of cyclic esters (lactones) is 1. The summed E-state index contributed by atoms with van der Waals surface area (Å²) >= 11 is 0. The first kappa shape index (κ1) is 18.0. The molecule has 7 nitrogen and oxygen atoms in total. The molecule has 146 valence electrons. The summed E-state index contributed by atoms with van der Waals surface area (Å²) in [7, 11) is 1.28. The zero-order valence-corrected chi connectivity index (χ0v) is 14.9. The zero-order valence-electron chi connectivity index (χ0n) is 14.9. The minimum Gasteiger partial charge on any atom is -0.469 e. The predicted molar refractivity (Wildman–Crippen MR) is 90.7 cm³/mol. The van der Waals surface area contributed by atoms with Gasteiger partial charge in [-0.25, -0.2) is 13.6 Å². The normalized spacial score (nSPS) is 23.1. The Hall–Kier alpha value is -2.42. The molecule has 0 radical (unpaired) electrons. The molecule has 0 aromatic heterocycles. The van der Waals surface area contributed by atoms with Gasteiger partial charge in [0.1, 0.15) is 11.8 Å². The molecule has 0 aliphatic carbocycles. The van der Waals surface area contributed by atoms with E-state index in [4.69, 9.17) is 9.47 Å². The largest absolute Gasteiger partial charge is 0.469 e. The lowest BCUT2D eigenvalue weighted by atomic mass is 9.77. The molecule has 1 atom stereocenters. The maximum Gasteiger partial charge on any atom is 0.414 e. The van der Waals surface area contributed by atoms with E-state index in [-0.39, 0.29) is 36.2 Å². The number of carbonyl (C=O) groups excluding carboxylic acids is 2. The third-order valence-corrected chi connectivity index (χ3v) is 5.27. The smallest absolute Gasteiger partial charge is 0.414 e. The Balaban J connectivity index is 1.45. The molecular formula is C18H20F2N2O5. The first-order valence-electron chi connectivity index (χ1n) is 8.77. The third-order valence-electron chi connectivity index (χ3n) is 5.27. The average molecular weight is 382 g/mol. The summed E-state index contributed by atoms with van der Waals surface area (Å²) in [6, 6.07) is 2.29. The molecule has 1 aromatic carbocycles. The van der Waals surface area contributed by atoms with Crippen molar-refractivity contribution in [1.82, 2.24) is 0 Å². The number of hydrogen-bond acceptors (Lipinski definition) is 6. The van der Waals surface area contributed by atoms with Crippen LogP contribution < -0.4 is 9.80 Å². The second kappa shape index (κ2) is 6.63. The first-order chi connectivity index (χ1) is 12.9. The van der Waals surface area contributed by atoms with E-state index in [0.29, 0.717) is 26.3 Å². The number of esters is 1. The Bertz CT molecular complexity index is 752. The van der Waals surface area contributed by atoms with E-state index in [9.17, 15) is 18.4 Å². The Morgan fingerprint density at radius 2 is 1.96 bits per heavy atom. The zero-order chi connectivity index (χ0) is 19.2. The summed E-state index contributed by atoms with van der Waals surface area (Å²) in [5, 5.41) is 0. The van der Waals surface area contributed by atoms with Gasteiger partial charge >= 0.3 is 12.1 Å². The Morgan fingerprint density at radius 1 is 1.30 bits per heavy atom. The van der Waals surface area contributed by atoms with Gasteiger partial charge in [-0.05, 0) is 6.42 Å². The molecule has 3 heterocycles. The predicted octanol–water partition coefficient (Wildman–Crippen LogP) is 2.08. The van der Waals surface area contributed by atoms with Crippen LogP contribution in [0.1, 0.15) is 12.8 Å². The van der Waals surface area contributed by atoms with Crippen molar-refractivity contribution >= 4 is 23.4 Å². The summed E-state index contributed by atoms with van der Waals surface area (Å²) in [5.74, 6) is -1.84. The fraction of sp³-hybridized carbons (Fsp3) is 0.556. The van der Waals surface area contributed by atoms with Crippen molar-refractivity contribution in [3.05, 3.63) is 23.8 Å². The maximum absolute atomic E-state index is 14.6. The van der Waals surface area contributed by atoms with Crippen LogP contribution in [-0.4, -0.2) is 58.1 Å².